The molecule has 1 fully saturated rings. The molecular formula is C10H10F16OSi. The van der Waals surface area contributed by atoms with Gasteiger partial charge in [0.15, 0.2) is 0 Å². The molecule has 0 aromatic heterocycles. The molecule has 0 heterocycles. The van der Waals surface area contributed by atoms with Crippen molar-refractivity contribution in [1.82, 2.24) is 0 Å². The van der Waals surface area contributed by atoms with E-state index in [9.17, 15) is 70.2 Å². The van der Waals surface area contributed by atoms with E-state index < -0.39 is 47.4 Å². The second kappa shape index (κ2) is 7.08. The van der Waals surface area contributed by atoms with E-state index in [1.54, 1.807) is 6.92 Å². The Labute approximate surface area is 148 Å². The molecular weight excluding hydrogens is 468 g/mol. The normalized spacial score (nSPS) is 26.4. The highest BCUT2D eigenvalue weighted by Gasteiger charge is 3.09. The first-order valence-electron chi connectivity index (χ1n) is 6.05. The molecule has 0 aromatic rings. The SMILES string of the molecule is CCO.FC(F)(F)C1(C(F)(F)F)C(F)(F)C(F)(F)C(F)(F)C(F)(F)C1(F)F.[SiH4]. The van der Waals surface area contributed by atoms with Gasteiger partial charge < -0.3 is 5.11 Å². The molecule has 18 heteroatoms. The van der Waals surface area contributed by atoms with Crippen molar-refractivity contribution in [2.45, 2.75) is 48.9 Å². The van der Waals surface area contributed by atoms with Crippen LogP contribution in [0.15, 0.2) is 0 Å². The Morgan fingerprint density at radius 3 is 0.821 bits per heavy atom. The summed E-state index contributed by atoms with van der Waals surface area (Å²) in [5.74, 6) is -41.0. The van der Waals surface area contributed by atoms with Crippen LogP contribution in [0, 0.1) is 5.41 Å². The number of aliphatic hydroxyl groups excluding tert-OH is 1. The van der Waals surface area contributed by atoms with Gasteiger partial charge >= 0.3 is 42.0 Å². The summed E-state index contributed by atoms with van der Waals surface area (Å²) in [6.45, 7) is 1.93. The number of aliphatic hydroxyl groups is 1. The Bertz CT molecular complexity index is 501. The third kappa shape index (κ3) is 2.87. The van der Waals surface area contributed by atoms with Crippen molar-refractivity contribution in [3.05, 3.63) is 0 Å². The van der Waals surface area contributed by atoms with E-state index in [1.807, 2.05) is 0 Å². The largest absolute Gasteiger partial charge is 0.415 e. The highest BCUT2D eigenvalue weighted by atomic mass is 28.1. The summed E-state index contributed by atoms with van der Waals surface area (Å²) in [6.07, 6.45) is -16.4. The van der Waals surface area contributed by atoms with Crippen LogP contribution < -0.4 is 0 Å². The fourth-order valence-electron chi connectivity index (χ4n) is 2.13. The maximum Gasteiger partial charge on any atom is 0.415 e. The summed E-state index contributed by atoms with van der Waals surface area (Å²) in [5, 5.41) is 7.57. The number of hydrogen-bond acceptors (Lipinski definition) is 1. The maximum absolute atomic E-state index is 13.1. The summed E-state index contributed by atoms with van der Waals surface area (Å²) in [6, 6.07) is 0. The third-order valence-corrected chi connectivity index (χ3v) is 3.37. The lowest BCUT2D eigenvalue weighted by molar-refractivity contribution is -0.557. The van der Waals surface area contributed by atoms with Gasteiger partial charge in [0.25, 0.3) is 5.41 Å². The van der Waals surface area contributed by atoms with Crippen LogP contribution in [0.25, 0.3) is 0 Å². The van der Waals surface area contributed by atoms with Crippen LogP contribution in [0.5, 0.6) is 0 Å². The Kier molecular flexibility index (Phi) is 7.40. The Morgan fingerprint density at radius 1 is 0.536 bits per heavy atom. The van der Waals surface area contributed by atoms with Gasteiger partial charge in [-0.15, -0.1) is 0 Å². The van der Waals surface area contributed by atoms with Crippen molar-refractivity contribution in [3.63, 3.8) is 0 Å². The first kappa shape index (κ1) is 29.3. The highest BCUT2D eigenvalue weighted by molar-refractivity contribution is 5.75. The second-order valence-corrected chi connectivity index (χ2v) is 4.93. The molecule has 1 aliphatic rings. The molecule has 1 aliphatic carbocycles. The molecule has 1 saturated carbocycles. The molecule has 28 heavy (non-hydrogen) atoms. The lowest BCUT2D eigenvalue weighted by atomic mass is 9.62. The molecule has 1 nitrogen and oxygen atoms in total. The fourth-order valence-corrected chi connectivity index (χ4v) is 2.13. The molecule has 0 unspecified atom stereocenters. The van der Waals surface area contributed by atoms with Gasteiger partial charge in [0.1, 0.15) is 0 Å². The van der Waals surface area contributed by atoms with Gasteiger partial charge in [0.05, 0.1) is 0 Å². The Hall–Kier alpha value is -0.943. The minimum Gasteiger partial charge on any atom is -0.397 e. The molecule has 0 bridgehead atoms. The average Bonchev–Trinajstić information content (AvgIpc) is 2.33. The Morgan fingerprint density at radius 2 is 0.679 bits per heavy atom. The maximum atomic E-state index is 13.1. The van der Waals surface area contributed by atoms with Gasteiger partial charge in [0, 0.05) is 6.61 Å². The van der Waals surface area contributed by atoms with Crippen molar-refractivity contribution in [3.8, 4) is 0 Å². The molecule has 0 saturated heterocycles. The monoisotopic (exact) mass is 478 g/mol. The molecule has 0 radical (unpaired) electrons. The van der Waals surface area contributed by atoms with Gasteiger partial charge in [-0.3, -0.25) is 0 Å². The molecule has 0 amide bonds. The number of halogens is 16. The summed E-state index contributed by atoms with van der Waals surface area (Å²) >= 11 is 0. The lowest BCUT2D eigenvalue weighted by Gasteiger charge is -2.56. The van der Waals surface area contributed by atoms with Gasteiger partial charge in [0.2, 0.25) is 0 Å². The Balaban J connectivity index is 0. The van der Waals surface area contributed by atoms with E-state index in [2.05, 4.69) is 0 Å². The van der Waals surface area contributed by atoms with E-state index in [4.69, 9.17) is 5.11 Å². The molecule has 0 aliphatic heterocycles. The van der Waals surface area contributed by atoms with Crippen LogP contribution in [0.3, 0.4) is 0 Å². The minimum atomic E-state index is -8.48. The van der Waals surface area contributed by atoms with Crippen LogP contribution >= 0.6 is 0 Å². The predicted molar refractivity (Wildman–Crippen MR) is 63.4 cm³/mol. The van der Waals surface area contributed by atoms with Crippen LogP contribution in [0.1, 0.15) is 6.92 Å². The van der Waals surface area contributed by atoms with Gasteiger partial charge in [-0.25, -0.2) is 0 Å². The zero-order valence-electron chi connectivity index (χ0n) is 12.2. The second-order valence-electron chi connectivity index (χ2n) is 4.93. The molecule has 0 aromatic carbocycles. The fraction of sp³-hybridized carbons (Fsp3) is 1.00. The van der Waals surface area contributed by atoms with Crippen molar-refractivity contribution < 1.29 is 75.4 Å². The summed E-state index contributed by atoms with van der Waals surface area (Å²) in [4.78, 5) is 0. The van der Waals surface area contributed by atoms with Crippen LogP contribution in [-0.4, -0.2) is 64.6 Å². The predicted octanol–water partition coefficient (Wildman–Crippen LogP) is 3.83. The molecule has 172 valence electrons. The summed E-state index contributed by atoms with van der Waals surface area (Å²) < 4.78 is 204. The highest BCUT2D eigenvalue weighted by Crippen LogP contribution is 2.78. The summed E-state index contributed by atoms with van der Waals surface area (Å²) in [7, 11) is 0. The van der Waals surface area contributed by atoms with E-state index in [0.717, 1.165) is 0 Å². The van der Waals surface area contributed by atoms with Crippen molar-refractivity contribution in [2.75, 3.05) is 6.61 Å². The first-order chi connectivity index (χ1) is 11.4. The molecule has 0 spiro atoms. The van der Waals surface area contributed by atoms with Gasteiger partial charge in [-0.1, -0.05) is 0 Å². The minimum absolute atomic E-state index is 0. The molecule has 1 rings (SSSR count). The van der Waals surface area contributed by atoms with Crippen molar-refractivity contribution in [2.24, 2.45) is 5.41 Å². The smallest absolute Gasteiger partial charge is 0.397 e. The van der Waals surface area contributed by atoms with Crippen LogP contribution in [0.2, 0.25) is 0 Å². The van der Waals surface area contributed by atoms with Crippen LogP contribution in [0.4, 0.5) is 70.2 Å². The standard InChI is InChI=1S/C8F16.C2H6O.H4Si/c9-2(10)1(7(19,20)21,8(22,23)24)3(11,12)5(15,16)6(17,18)4(2,13)14;1-2-3;/h;3H,2H2,1H3;1H4. The van der Waals surface area contributed by atoms with E-state index >= 15 is 0 Å². The molecule has 1 N–H and O–H groups in total. The van der Waals surface area contributed by atoms with Crippen LogP contribution in [-0.2, 0) is 0 Å². The quantitative estimate of drug-likeness (QED) is 0.415. The van der Waals surface area contributed by atoms with Gasteiger partial charge in [-0.2, -0.15) is 70.2 Å². The van der Waals surface area contributed by atoms with Crippen molar-refractivity contribution in [1.29, 1.82) is 0 Å². The lowest BCUT2D eigenvalue weighted by Crippen LogP contribution is -2.87. The zero-order chi connectivity index (χ0) is 22.7. The zero-order valence-corrected chi connectivity index (χ0v) is 12.2. The van der Waals surface area contributed by atoms with E-state index in [1.165, 1.54) is 0 Å². The first-order valence-corrected chi connectivity index (χ1v) is 6.05. The topological polar surface area (TPSA) is 20.2 Å². The molecule has 0 atom stereocenters. The number of rotatable bonds is 0. The van der Waals surface area contributed by atoms with Gasteiger partial charge in [-0.05, 0) is 17.9 Å². The number of alkyl halides is 16. The number of hydrogen-bond donors (Lipinski definition) is 1. The van der Waals surface area contributed by atoms with E-state index in [0.29, 0.717) is 0 Å². The van der Waals surface area contributed by atoms with E-state index in [-0.39, 0.29) is 17.6 Å². The van der Waals surface area contributed by atoms with Crippen molar-refractivity contribution >= 4 is 11.0 Å². The average molecular weight is 478 g/mol. The summed E-state index contributed by atoms with van der Waals surface area (Å²) in [5.41, 5.74) is -8.48. The third-order valence-electron chi connectivity index (χ3n) is 3.37.